The van der Waals surface area contributed by atoms with Crippen molar-refractivity contribution in [2.45, 2.75) is 20.3 Å². The van der Waals surface area contributed by atoms with Gasteiger partial charge in [-0.3, -0.25) is 0 Å². The summed E-state index contributed by atoms with van der Waals surface area (Å²) in [6.07, 6.45) is 7.85. The summed E-state index contributed by atoms with van der Waals surface area (Å²) in [5, 5.41) is 8.63. The summed E-state index contributed by atoms with van der Waals surface area (Å²) < 4.78 is 0. The molecule has 0 heterocycles. The number of hydrogen-bond donors (Lipinski definition) is 1. The molecule has 0 radical (unpaired) electrons. The lowest BCUT2D eigenvalue weighted by Gasteiger charge is -2.01. The van der Waals surface area contributed by atoms with E-state index in [4.69, 9.17) is 11.5 Å². The largest absolute Gasteiger partial charge is 0.392 e. The molecule has 0 spiro atoms. The van der Waals surface area contributed by atoms with Gasteiger partial charge < -0.3 is 5.11 Å². The Labute approximate surface area is 62.8 Å². The monoisotopic (exact) mass is 138 g/mol. The smallest absolute Gasteiger partial charge is 0.0639 e. The van der Waals surface area contributed by atoms with Gasteiger partial charge in [0.2, 0.25) is 0 Å². The van der Waals surface area contributed by atoms with E-state index in [-0.39, 0.29) is 6.61 Å². The summed E-state index contributed by atoms with van der Waals surface area (Å²) in [6, 6.07) is 0. The molecule has 56 valence electrons. The summed E-state index contributed by atoms with van der Waals surface area (Å²) in [6.45, 7) is 4.07. The molecule has 0 saturated heterocycles. The molecule has 1 nitrogen and oxygen atoms in total. The van der Waals surface area contributed by atoms with E-state index in [1.807, 2.05) is 19.9 Å². The van der Waals surface area contributed by atoms with Crippen LogP contribution in [0.2, 0.25) is 0 Å². The first-order valence-electron chi connectivity index (χ1n) is 3.42. The van der Waals surface area contributed by atoms with Crippen LogP contribution in [0.25, 0.3) is 0 Å². The van der Waals surface area contributed by atoms with Gasteiger partial charge in [-0.2, -0.15) is 0 Å². The normalized spacial score (nSPS) is 14.4. The maximum atomic E-state index is 8.63. The van der Waals surface area contributed by atoms with Gasteiger partial charge in [0.15, 0.2) is 0 Å². The second-order valence-corrected chi connectivity index (χ2v) is 2.56. The third kappa shape index (κ3) is 4.17. The highest BCUT2D eigenvalue weighted by Crippen LogP contribution is 2.05. The predicted octanol–water partition coefficient (Wildman–Crippen LogP) is 1.58. The van der Waals surface area contributed by atoms with Crippen molar-refractivity contribution in [1.29, 1.82) is 0 Å². The van der Waals surface area contributed by atoms with Gasteiger partial charge in [0.1, 0.15) is 0 Å². The lowest BCUT2D eigenvalue weighted by atomic mass is 10.1. The quantitative estimate of drug-likeness (QED) is 0.464. The summed E-state index contributed by atoms with van der Waals surface area (Å²) in [5.41, 5.74) is 0.989. The van der Waals surface area contributed by atoms with Gasteiger partial charge in [-0.15, -0.1) is 12.3 Å². The fraction of sp³-hybridized carbons (Fsp3) is 0.556. The van der Waals surface area contributed by atoms with E-state index in [1.54, 1.807) is 0 Å². The van der Waals surface area contributed by atoms with E-state index in [0.29, 0.717) is 5.92 Å². The fourth-order valence-corrected chi connectivity index (χ4v) is 0.783. The molecule has 0 unspecified atom stereocenters. The average Bonchev–Trinajstić information content (AvgIpc) is 1.88. The minimum Gasteiger partial charge on any atom is -0.392 e. The Bertz CT molecular complexity index is 151. The number of aliphatic hydroxyl groups excluding tert-OH is 1. The van der Waals surface area contributed by atoms with Crippen molar-refractivity contribution in [2.75, 3.05) is 6.61 Å². The average molecular weight is 138 g/mol. The van der Waals surface area contributed by atoms with Crippen LogP contribution >= 0.6 is 0 Å². The Kier molecular flexibility index (Phi) is 4.70. The Morgan fingerprint density at radius 2 is 2.40 bits per heavy atom. The topological polar surface area (TPSA) is 20.2 Å². The molecule has 0 aromatic carbocycles. The van der Waals surface area contributed by atoms with E-state index >= 15 is 0 Å². The van der Waals surface area contributed by atoms with Gasteiger partial charge >= 0.3 is 0 Å². The molecular weight excluding hydrogens is 124 g/mol. The summed E-state index contributed by atoms with van der Waals surface area (Å²) in [5.74, 6) is 2.96. The first-order chi connectivity index (χ1) is 4.70. The van der Waals surface area contributed by atoms with E-state index in [9.17, 15) is 0 Å². The molecule has 0 amide bonds. The second-order valence-electron chi connectivity index (χ2n) is 2.56. The molecule has 0 rings (SSSR count). The third-order valence-corrected chi connectivity index (χ3v) is 1.26. The first-order valence-corrected chi connectivity index (χ1v) is 3.42. The summed E-state index contributed by atoms with van der Waals surface area (Å²) in [7, 11) is 0. The van der Waals surface area contributed by atoms with Crippen LogP contribution in [0.4, 0.5) is 0 Å². The SMILES string of the molecule is C#CC[C@H](C)/C=C(\C)CO. The van der Waals surface area contributed by atoms with Crippen molar-refractivity contribution in [2.24, 2.45) is 5.92 Å². The Morgan fingerprint density at radius 3 is 2.80 bits per heavy atom. The van der Waals surface area contributed by atoms with Crippen LogP contribution in [-0.4, -0.2) is 11.7 Å². The van der Waals surface area contributed by atoms with Crippen molar-refractivity contribution < 1.29 is 5.11 Å². The molecule has 0 aliphatic heterocycles. The Balaban J connectivity index is 3.77. The number of rotatable bonds is 3. The van der Waals surface area contributed by atoms with Crippen LogP contribution in [0.15, 0.2) is 11.6 Å². The number of allylic oxidation sites excluding steroid dienone is 1. The zero-order valence-corrected chi connectivity index (χ0v) is 6.59. The highest BCUT2D eigenvalue weighted by Gasteiger charge is 1.94. The van der Waals surface area contributed by atoms with E-state index in [2.05, 4.69) is 5.92 Å². The van der Waals surface area contributed by atoms with Gasteiger partial charge in [0.25, 0.3) is 0 Å². The van der Waals surface area contributed by atoms with Crippen molar-refractivity contribution in [3.63, 3.8) is 0 Å². The Hall–Kier alpha value is -0.740. The zero-order chi connectivity index (χ0) is 7.98. The molecule has 0 fully saturated rings. The van der Waals surface area contributed by atoms with E-state index < -0.39 is 0 Å². The van der Waals surface area contributed by atoms with Gasteiger partial charge in [0.05, 0.1) is 6.61 Å². The molecule has 1 atom stereocenters. The van der Waals surface area contributed by atoms with Crippen LogP contribution in [-0.2, 0) is 0 Å². The van der Waals surface area contributed by atoms with Crippen LogP contribution in [0.5, 0.6) is 0 Å². The number of terminal acetylenes is 1. The minimum atomic E-state index is 0.134. The maximum Gasteiger partial charge on any atom is 0.0639 e. The molecule has 0 aromatic rings. The minimum absolute atomic E-state index is 0.134. The van der Waals surface area contributed by atoms with Gasteiger partial charge in [-0.1, -0.05) is 18.6 Å². The molecule has 1 N–H and O–H groups in total. The Morgan fingerprint density at radius 1 is 1.80 bits per heavy atom. The third-order valence-electron chi connectivity index (χ3n) is 1.26. The van der Waals surface area contributed by atoms with E-state index in [1.165, 1.54) is 0 Å². The molecule has 10 heavy (non-hydrogen) atoms. The van der Waals surface area contributed by atoms with E-state index in [0.717, 1.165) is 12.0 Å². The lowest BCUT2D eigenvalue weighted by Crippen LogP contribution is -1.91. The van der Waals surface area contributed by atoms with Crippen LogP contribution < -0.4 is 0 Å². The highest BCUT2D eigenvalue weighted by molar-refractivity contribution is 5.03. The van der Waals surface area contributed by atoms with Crippen LogP contribution in [0.3, 0.4) is 0 Å². The van der Waals surface area contributed by atoms with Crippen LogP contribution in [0, 0.1) is 18.3 Å². The predicted molar refractivity (Wildman–Crippen MR) is 43.5 cm³/mol. The first kappa shape index (κ1) is 9.26. The molecule has 1 heteroatoms. The van der Waals surface area contributed by atoms with Crippen molar-refractivity contribution in [3.8, 4) is 12.3 Å². The lowest BCUT2D eigenvalue weighted by molar-refractivity contribution is 0.330. The molecular formula is C9H14O. The van der Waals surface area contributed by atoms with Crippen LogP contribution in [0.1, 0.15) is 20.3 Å². The molecule has 0 aromatic heterocycles. The van der Waals surface area contributed by atoms with Crippen molar-refractivity contribution in [1.82, 2.24) is 0 Å². The van der Waals surface area contributed by atoms with Gasteiger partial charge in [0, 0.05) is 6.42 Å². The van der Waals surface area contributed by atoms with Crippen molar-refractivity contribution >= 4 is 0 Å². The molecule has 0 aliphatic carbocycles. The van der Waals surface area contributed by atoms with Gasteiger partial charge in [-0.05, 0) is 12.8 Å². The number of hydrogen-bond acceptors (Lipinski definition) is 1. The fourth-order valence-electron chi connectivity index (χ4n) is 0.783. The second kappa shape index (κ2) is 5.08. The highest BCUT2D eigenvalue weighted by atomic mass is 16.3. The summed E-state index contributed by atoms with van der Waals surface area (Å²) >= 11 is 0. The zero-order valence-electron chi connectivity index (χ0n) is 6.59. The molecule has 0 aliphatic rings. The van der Waals surface area contributed by atoms with Gasteiger partial charge in [-0.25, -0.2) is 0 Å². The van der Waals surface area contributed by atoms with Crippen molar-refractivity contribution in [3.05, 3.63) is 11.6 Å². The standard InChI is InChI=1S/C9H14O/c1-4-5-8(2)6-9(3)7-10/h1,6,8,10H,5,7H2,2-3H3/b9-6+/t8-/m0/s1. The molecule has 0 saturated carbocycles. The number of aliphatic hydroxyl groups is 1. The summed E-state index contributed by atoms with van der Waals surface area (Å²) in [4.78, 5) is 0. The molecule has 0 bridgehead atoms. The maximum absolute atomic E-state index is 8.63.